The van der Waals surface area contributed by atoms with Crippen molar-refractivity contribution in [3.8, 4) is 0 Å². The van der Waals surface area contributed by atoms with E-state index in [2.05, 4.69) is 38.2 Å². The first kappa shape index (κ1) is 16.8. The van der Waals surface area contributed by atoms with Crippen LogP contribution in [0.1, 0.15) is 51.5 Å². The maximum atomic E-state index is 6.03. The summed E-state index contributed by atoms with van der Waals surface area (Å²) < 4.78 is 5.48. The minimum Gasteiger partial charge on any atom is -0.381 e. The summed E-state index contributed by atoms with van der Waals surface area (Å²) in [4.78, 5) is 0. The van der Waals surface area contributed by atoms with Gasteiger partial charge in [0.05, 0.1) is 0 Å². The number of nitrogens with one attached hydrogen (secondary N) is 1. The molecule has 0 aliphatic carbocycles. The molecule has 2 nitrogen and oxygen atoms in total. The fourth-order valence-corrected chi connectivity index (χ4v) is 3.01. The van der Waals surface area contributed by atoms with E-state index in [9.17, 15) is 0 Å². The lowest BCUT2D eigenvalue weighted by atomic mass is 9.84. The quantitative estimate of drug-likeness (QED) is 0.856. The number of benzene rings is 1. The van der Waals surface area contributed by atoms with Gasteiger partial charge in [-0.05, 0) is 69.6 Å². The molecule has 118 valence electrons. The van der Waals surface area contributed by atoms with E-state index in [1.54, 1.807) is 0 Å². The lowest BCUT2D eigenvalue weighted by Gasteiger charge is -2.30. The molecule has 1 atom stereocenters. The van der Waals surface area contributed by atoms with Gasteiger partial charge in [-0.25, -0.2) is 0 Å². The fraction of sp³-hybridized carbons (Fsp3) is 0.667. The van der Waals surface area contributed by atoms with Crippen molar-refractivity contribution >= 4 is 11.6 Å². The van der Waals surface area contributed by atoms with Gasteiger partial charge in [0.2, 0.25) is 0 Å². The predicted molar refractivity (Wildman–Crippen MR) is 90.1 cm³/mol. The van der Waals surface area contributed by atoms with Crippen LogP contribution >= 0.6 is 11.6 Å². The van der Waals surface area contributed by atoms with Crippen molar-refractivity contribution in [2.75, 3.05) is 19.8 Å². The van der Waals surface area contributed by atoms with E-state index in [0.29, 0.717) is 5.92 Å². The first-order valence-electron chi connectivity index (χ1n) is 8.02. The normalized spacial score (nSPS) is 18.7. The Kier molecular flexibility index (Phi) is 6.09. The summed E-state index contributed by atoms with van der Waals surface area (Å²) >= 11 is 6.03. The smallest absolute Gasteiger partial charge is 0.0468 e. The van der Waals surface area contributed by atoms with Gasteiger partial charge in [-0.1, -0.05) is 23.7 Å². The van der Waals surface area contributed by atoms with Gasteiger partial charge in [-0.3, -0.25) is 0 Å². The Bertz CT molecular complexity index is 418. The number of hydrogen-bond donors (Lipinski definition) is 1. The van der Waals surface area contributed by atoms with Gasteiger partial charge >= 0.3 is 0 Å². The fourth-order valence-electron chi connectivity index (χ4n) is 2.89. The summed E-state index contributed by atoms with van der Waals surface area (Å²) in [5, 5.41) is 4.47. The highest BCUT2D eigenvalue weighted by Crippen LogP contribution is 2.30. The van der Waals surface area contributed by atoms with Gasteiger partial charge < -0.3 is 10.1 Å². The SMILES string of the molecule is CC(C)(C)NCC(CC1CCOCC1)c1ccc(Cl)cc1. The summed E-state index contributed by atoms with van der Waals surface area (Å²) in [6.07, 6.45) is 3.62. The highest BCUT2D eigenvalue weighted by atomic mass is 35.5. The molecule has 1 unspecified atom stereocenters. The van der Waals surface area contributed by atoms with Crippen LogP contribution in [0.4, 0.5) is 0 Å². The molecule has 1 fully saturated rings. The van der Waals surface area contributed by atoms with Gasteiger partial charge in [0.25, 0.3) is 0 Å². The van der Waals surface area contributed by atoms with Crippen LogP contribution in [0, 0.1) is 5.92 Å². The molecule has 0 bridgehead atoms. The third-order valence-electron chi connectivity index (χ3n) is 4.18. The Labute approximate surface area is 134 Å². The average Bonchev–Trinajstić information content (AvgIpc) is 2.45. The van der Waals surface area contributed by atoms with Gasteiger partial charge in [0, 0.05) is 30.3 Å². The summed E-state index contributed by atoms with van der Waals surface area (Å²) in [6.45, 7) is 9.53. The van der Waals surface area contributed by atoms with Crippen molar-refractivity contribution in [2.45, 2.75) is 51.5 Å². The van der Waals surface area contributed by atoms with E-state index in [4.69, 9.17) is 16.3 Å². The minimum absolute atomic E-state index is 0.153. The molecule has 0 saturated carbocycles. The Morgan fingerprint density at radius 2 is 1.81 bits per heavy atom. The van der Waals surface area contributed by atoms with Crippen LogP contribution in [-0.4, -0.2) is 25.3 Å². The second kappa shape index (κ2) is 7.62. The van der Waals surface area contributed by atoms with E-state index < -0.39 is 0 Å². The van der Waals surface area contributed by atoms with Crippen LogP contribution in [0.5, 0.6) is 0 Å². The van der Waals surface area contributed by atoms with Crippen molar-refractivity contribution < 1.29 is 4.74 Å². The van der Waals surface area contributed by atoms with Gasteiger partial charge in [0.1, 0.15) is 0 Å². The van der Waals surface area contributed by atoms with E-state index in [0.717, 1.165) is 30.7 Å². The molecule has 2 rings (SSSR count). The van der Waals surface area contributed by atoms with Crippen LogP contribution in [0.3, 0.4) is 0 Å². The average molecular weight is 310 g/mol. The maximum absolute atomic E-state index is 6.03. The second-order valence-electron chi connectivity index (χ2n) is 7.17. The molecule has 1 aromatic rings. The van der Waals surface area contributed by atoms with Crippen molar-refractivity contribution in [3.05, 3.63) is 34.9 Å². The van der Waals surface area contributed by atoms with E-state index >= 15 is 0 Å². The van der Waals surface area contributed by atoms with Gasteiger partial charge in [-0.15, -0.1) is 0 Å². The molecule has 1 aliphatic rings. The monoisotopic (exact) mass is 309 g/mol. The largest absolute Gasteiger partial charge is 0.381 e. The van der Waals surface area contributed by atoms with Gasteiger partial charge in [-0.2, -0.15) is 0 Å². The molecule has 1 N–H and O–H groups in total. The Morgan fingerprint density at radius 1 is 1.19 bits per heavy atom. The molecule has 1 heterocycles. The van der Waals surface area contributed by atoms with Crippen molar-refractivity contribution in [1.82, 2.24) is 5.32 Å². The summed E-state index contributed by atoms with van der Waals surface area (Å²) in [7, 11) is 0. The van der Waals surface area contributed by atoms with Crippen molar-refractivity contribution in [2.24, 2.45) is 5.92 Å². The summed E-state index contributed by atoms with van der Waals surface area (Å²) in [5.74, 6) is 1.32. The Balaban J connectivity index is 2.03. The molecule has 0 radical (unpaired) electrons. The van der Waals surface area contributed by atoms with Gasteiger partial charge in [0.15, 0.2) is 0 Å². The molecule has 1 aliphatic heterocycles. The molecule has 0 aromatic heterocycles. The first-order valence-corrected chi connectivity index (χ1v) is 8.40. The highest BCUT2D eigenvalue weighted by molar-refractivity contribution is 6.30. The lowest BCUT2D eigenvalue weighted by Crippen LogP contribution is -2.39. The zero-order valence-electron chi connectivity index (χ0n) is 13.5. The molecular formula is C18H28ClNO. The van der Waals surface area contributed by atoms with E-state index in [-0.39, 0.29) is 5.54 Å². The molecule has 3 heteroatoms. The number of halogens is 1. The third kappa shape index (κ3) is 5.98. The van der Waals surface area contributed by atoms with Crippen molar-refractivity contribution in [3.63, 3.8) is 0 Å². The molecule has 0 spiro atoms. The zero-order valence-corrected chi connectivity index (χ0v) is 14.2. The Morgan fingerprint density at radius 3 is 2.38 bits per heavy atom. The first-order chi connectivity index (χ1) is 9.94. The molecule has 1 saturated heterocycles. The maximum Gasteiger partial charge on any atom is 0.0468 e. The van der Waals surface area contributed by atoms with Crippen LogP contribution in [0.15, 0.2) is 24.3 Å². The summed E-state index contributed by atoms with van der Waals surface area (Å²) in [5.41, 5.74) is 1.54. The van der Waals surface area contributed by atoms with Crippen LogP contribution < -0.4 is 5.32 Å². The molecular weight excluding hydrogens is 282 g/mol. The highest BCUT2D eigenvalue weighted by Gasteiger charge is 2.22. The lowest BCUT2D eigenvalue weighted by molar-refractivity contribution is 0.0614. The Hall–Kier alpha value is -0.570. The number of rotatable bonds is 5. The van der Waals surface area contributed by atoms with Crippen LogP contribution in [0.2, 0.25) is 5.02 Å². The number of ether oxygens (including phenoxy) is 1. The minimum atomic E-state index is 0.153. The molecule has 1 aromatic carbocycles. The second-order valence-corrected chi connectivity index (χ2v) is 7.61. The topological polar surface area (TPSA) is 21.3 Å². The predicted octanol–water partition coefficient (Wildman–Crippen LogP) is 4.63. The third-order valence-corrected chi connectivity index (χ3v) is 4.43. The standard InChI is InChI=1S/C18H28ClNO/c1-18(2,3)20-13-16(12-14-8-10-21-11-9-14)15-4-6-17(19)7-5-15/h4-7,14,16,20H,8-13H2,1-3H3. The van der Waals surface area contributed by atoms with E-state index in [1.165, 1.54) is 24.8 Å². The van der Waals surface area contributed by atoms with Crippen LogP contribution in [0.25, 0.3) is 0 Å². The van der Waals surface area contributed by atoms with Crippen molar-refractivity contribution in [1.29, 1.82) is 0 Å². The number of hydrogen-bond acceptors (Lipinski definition) is 2. The van der Waals surface area contributed by atoms with E-state index in [1.807, 2.05) is 12.1 Å². The van der Waals surface area contributed by atoms with Crippen LogP contribution in [-0.2, 0) is 4.74 Å². The zero-order chi connectivity index (χ0) is 15.3. The summed E-state index contributed by atoms with van der Waals surface area (Å²) in [6, 6.07) is 8.36. The molecule has 0 amide bonds. The molecule has 21 heavy (non-hydrogen) atoms.